The smallest absolute Gasteiger partial charge is 0.228 e. The van der Waals surface area contributed by atoms with Gasteiger partial charge in [0.05, 0.1) is 11.8 Å². The number of hydrogen-bond donors (Lipinski definition) is 3. The van der Waals surface area contributed by atoms with E-state index >= 15 is 0 Å². The molecule has 0 aliphatic heterocycles. The van der Waals surface area contributed by atoms with Gasteiger partial charge in [-0.25, -0.2) is 0 Å². The van der Waals surface area contributed by atoms with Gasteiger partial charge in [0.15, 0.2) is 0 Å². The highest BCUT2D eigenvalue weighted by Gasteiger charge is 2.69. The first kappa shape index (κ1) is 16.8. The van der Waals surface area contributed by atoms with E-state index in [1.54, 1.807) is 0 Å². The highest BCUT2D eigenvalue weighted by Crippen LogP contribution is 2.72. The zero-order chi connectivity index (χ0) is 17.6. The number of carbonyl (C=O) groups is 2. The Bertz CT molecular complexity index is 727. The first-order valence-corrected chi connectivity index (χ1v) is 9.59. The Morgan fingerprint density at radius 3 is 2.24 bits per heavy atom. The number of nitrogens with two attached hydrogens (primary N) is 1. The van der Waals surface area contributed by atoms with Crippen LogP contribution >= 0.6 is 15.9 Å². The van der Waals surface area contributed by atoms with E-state index in [1.807, 2.05) is 24.3 Å². The maximum absolute atomic E-state index is 13.0. The van der Waals surface area contributed by atoms with Gasteiger partial charge in [-0.1, -0.05) is 28.1 Å². The Morgan fingerprint density at radius 1 is 1.08 bits per heavy atom. The summed E-state index contributed by atoms with van der Waals surface area (Å²) in [7, 11) is 0. The predicted octanol–water partition coefficient (Wildman–Crippen LogP) is 2.29. The third kappa shape index (κ3) is 2.72. The maximum atomic E-state index is 13.0. The number of halogens is 1. The zero-order valence-corrected chi connectivity index (χ0v) is 15.5. The summed E-state index contributed by atoms with van der Waals surface area (Å²) >= 11 is 3.40. The van der Waals surface area contributed by atoms with Crippen LogP contribution in [0.2, 0.25) is 0 Å². The number of hydrogen-bond acceptors (Lipinski definition) is 3. The summed E-state index contributed by atoms with van der Waals surface area (Å²) in [6.45, 7) is 0.855. The first-order chi connectivity index (χ1) is 12.1. The molecule has 5 nitrogen and oxygen atoms in total. The van der Waals surface area contributed by atoms with Crippen molar-refractivity contribution >= 4 is 33.4 Å². The molecule has 25 heavy (non-hydrogen) atoms. The van der Waals surface area contributed by atoms with Crippen LogP contribution in [-0.4, -0.2) is 24.9 Å². The van der Waals surface area contributed by atoms with Gasteiger partial charge in [-0.15, -0.1) is 0 Å². The molecule has 2 saturated carbocycles. The number of rotatable bonds is 5. The van der Waals surface area contributed by atoms with Crippen LogP contribution in [0.3, 0.4) is 0 Å². The lowest BCUT2D eigenvalue weighted by atomic mass is 9.81. The summed E-state index contributed by atoms with van der Waals surface area (Å²) in [6.07, 6.45) is 6.54. The third-order valence-corrected chi connectivity index (χ3v) is 6.53. The fourth-order valence-corrected chi connectivity index (χ4v) is 5.05. The molecular formula is C19H22BrN3O2. The second kappa shape index (κ2) is 6.25. The largest absolute Gasteiger partial charge is 0.355 e. The van der Waals surface area contributed by atoms with Gasteiger partial charge in [0, 0.05) is 23.2 Å². The van der Waals surface area contributed by atoms with Crippen molar-refractivity contribution in [2.45, 2.75) is 12.8 Å². The van der Waals surface area contributed by atoms with Crippen LogP contribution < -0.4 is 16.4 Å². The van der Waals surface area contributed by atoms with Crippen molar-refractivity contribution in [3.63, 3.8) is 0 Å². The fraction of sp³-hybridized carbons (Fsp3) is 0.474. The molecule has 0 unspecified atom stereocenters. The zero-order valence-electron chi connectivity index (χ0n) is 13.9. The second-order valence-electron chi connectivity index (χ2n) is 7.30. The molecule has 1 aromatic rings. The summed E-state index contributed by atoms with van der Waals surface area (Å²) in [5, 5.41) is 5.90. The topological polar surface area (TPSA) is 84.2 Å². The minimum absolute atomic E-state index is 0.0375. The van der Waals surface area contributed by atoms with Crippen molar-refractivity contribution in [2.24, 2.45) is 34.8 Å². The number of benzene rings is 1. The molecule has 4 rings (SSSR count). The SMILES string of the molecule is NCCNC(=O)[C@H]1[C@H](C(=O)Nc2ccc(Br)cc2)[C@@H]2C=C[C@H]1C21CC1. The molecule has 4 atom stereocenters. The van der Waals surface area contributed by atoms with Crippen LogP contribution in [0.15, 0.2) is 40.9 Å². The molecule has 3 aliphatic rings. The molecule has 2 amide bonds. The average molecular weight is 404 g/mol. The molecule has 0 heterocycles. The molecule has 0 radical (unpaired) electrons. The van der Waals surface area contributed by atoms with Gasteiger partial charge >= 0.3 is 0 Å². The highest BCUT2D eigenvalue weighted by molar-refractivity contribution is 9.10. The normalized spacial score (nSPS) is 30.5. The van der Waals surface area contributed by atoms with Crippen molar-refractivity contribution in [1.29, 1.82) is 0 Å². The molecular weight excluding hydrogens is 382 g/mol. The van der Waals surface area contributed by atoms with Gasteiger partial charge < -0.3 is 16.4 Å². The van der Waals surface area contributed by atoms with Crippen LogP contribution in [0, 0.1) is 29.1 Å². The standard InChI is InChI=1S/C19H22BrN3O2/c20-11-1-3-12(4-2-11)23-18(25)16-14-6-5-13(19(14)7-8-19)15(16)17(24)22-10-9-21/h1-6,13-16H,7-10,21H2,(H,22,24)(H,23,25)/t13-,14+,15-,16-/m1/s1. The minimum atomic E-state index is -0.307. The maximum Gasteiger partial charge on any atom is 0.228 e. The van der Waals surface area contributed by atoms with Gasteiger partial charge in [-0.3, -0.25) is 9.59 Å². The van der Waals surface area contributed by atoms with E-state index in [0.717, 1.165) is 23.0 Å². The second-order valence-corrected chi connectivity index (χ2v) is 8.21. The van der Waals surface area contributed by atoms with Gasteiger partial charge in [0.1, 0.15) is 0 Å². The highest BCUT2D eigenvalue weighted by atomic mass is 79.9. The summed E-state index contributed by atoms with van der Waals surface area (Å²) in [6, 6.07) is 7.51. The lowest BCUT2D eigenvalue weighted by Crippen LogP contribution is -2.43. The van der Waals surface area contributed by atoms with E-state index in [-0.39, 0.29) is 40.9 Å². The van der Waals surface area contributed by atoms with E-state index in [9.17, 15) is 9.59 Å². The molecule has 1 aromatic carbocycles. The van der Waals surface area contributed by atoms with Crippen molar-refractivity contribution in [1.82, 2.24) is 5.32 Å². The van der Waals surface area contributed by atoms with Gasteiger partial charge in [0.25, 0.3) is 0 Å². The van der Waals surface area contributed by atoms with Crippen molar-refractivity contribution in [3.8, 4) is 0 Å². The number of amides is 2. The van der Waals surface area contributed by atoms with Crippen molar-refractivity contribution in [2.75, 3.05) is 18.4 Å². The van der Waals surface area contributed by atoms with E-state index in [1.165, 1.54) is 0 Å². The predicted molar refractivity (Wildman–Crippen MR) is 99.6 cm³/mol. The number of nitrogens with one attached hydrogen (secondary N) is 2. The van der Waals surface area contributed by atoms with E-state index in [0.29, 0.717) is 13.1 Å². The van der Waals surface area contributed by atoms with Crippen molar-refractivity contribution in [3.05, 3.63) is 40.9 Å². The van der Waals surface area contributed by atoms with Gasteiger partial charge in [-0.05, 0) is 54.4 Å². The summed E-state index contributed by atoms with van der Waals surface area (Å²) < 4.78 is 0.962. The monoisotopic (exact) mass is 403 g/mol. The molecule has 0 aromatic heterocycles. The lowest BCUT2D eigenvalue weighted by Gasteiger charge is -2.26. The molecule has 1 spiro atoms. The third-order valence-electron chi connectivity index (χ3n) is 6.00. The molecule has 132 valence electrons. The summed E-state index contributed by atoms with van der Waals surface area (Å²) in [4.78, 5) is 25.8. The van der Waals surface area contributed by atoms with E-state index in [4.69, 9.17) is 5.73 Å². The molecule has 2 bridgehead atoms. The quantitative estimate of drug-likeness (QED) is 0.659. The van der Waals surface area contributed by atoms with E-state index < -0.39 is 0 Å². The molecule has 6 heteroatoms. The van der Waals surface area contributed by atoms with Crippen LogP contribution in [-0.2, 0) is 9.59 Å². The fourth-order valence-electron chi connectivity index (χ4n) is 4.78. The first-order valence-electron chi connectivity index (χ1n) is 8.79. The van der Waals surface area contributed by atoms with Crippen LogP contribution in [0.25, 0.3) is 0 Å². The molecule has 2 fully saturated rings. The Balaban J connectivity index is 1.57. The van der Waals surface area contributed by atoms with Crippen LogP contribution in [0.4, 0.5) is 5.69 Å². The summed E-state index contributed by atoms with van der Waals surface area (Å²) in [5.74, 6) is -0.348. The summed E-state index contributed by atoms with van der Waals surface area (Å²) in [5.41, 5.74) is 6.41. The van der Waals surface area contributed by atoms with Crippen molar-refractivity contribution < 1.29 is 9.59 Å². The van der Waals surface area contributed by atoms with Gasteiger partial charge in [-0.2, -0.15) is 0 Å². The van der Waals surface area contributed by atoms with Crippen LogP contribution in [0.1, 0.15) is 12.8 Å². The Kier molecular flexibility index (Phi) is 4.20. The Labute approximate surface area is 155 Å². The number of carbonyl (C=O) groups excluding carboxylic acids is 2. The molecule has 0 saturated heterocycles. The number of anilines is 1. The Hall–Kier alpha value is -1.66. The minimum Gasteiger partial charge on any atom is -0.355 e. The Morgan fingerprint density at radius 2 is 1.68 bits per heavy atom. The molecule has 3 aliphatic carbocycles. The van der Waals surface area contributed by atoms with E-state index in [2.05, 4.69) is 38.7 Å². The van der Waals surface area contributed by atoms with Crippen LogP contribution in [0.5, 0.6) is 0 Å². The average Bonchev–Trinajstić information content (AvgIpc) is 3.27. The lowest BCUT2D eigenvalue weighted by molar-refractivity contribution is -0.132. The number of allylic oxidation sites excluding steroid dienone is 2. The molecule has 4 N–H and O–H groups in total. The van der Waals surface area contributed by atoms with Gasteiger partial charge in [0.2, 0.25) is 11.8 Å².